The molecule has 0 fully saturated rings. The van der Waals surface area contributed by atoms with Crippen molar-refractivity contribution in [1.82, 2.24) is 10.2 Å². The molecule has 1 rings (SSSR count). The smallest absolute Gasteiger partial charge is 0.269 e. The third-order valence-corrected chi connectivity index (χ3v) is 1.21. The Morgan fingerprint density at radius 2 is 2.27 bits per heavy atom. The quantitative estimate of drug-likeness (QED) is 0.572. The van der Waals surface area contributed by atoms with Crippen LogP contribution in [0.4, 0.5) is 0 Å². The van der Waals surface area contributed by atoms with Crippen molar-refractivity contribution < 1.29 is 9.59 Å². The molecule has 1 heterocycles. The largest absolute Gasteiger partial charge is 0.364 e. The van der Waals surface area contributed by atoms with Gasteiger partial charge in [0.05, 0.1) is 0 Å². The van der Waals surface area contributed by atoms with Crippen molar-refractivity contribution in [2.75, 3.05) is 0 Å². The Morgan fingerprint density at radius 1 is 1.64 bits per heavy atom. The maximum atomic E-state index is 10.7. The summed E-state index contributed by atoms with van der Waals surface area (Å²) in [5.41, 5.74) is 5.26. The fourth-order valence-corrected chi connectivity index (χ4v) is 0.628. The molecule has 0 radical (unpaired) electrons. The van der Waals surface area contributed by atoms with E-state index < -0.39 is 5.91 Å². The van der Waals surface area contributed by atoms with E-state index in [9.17, 15) is 9.59 Å². The number of hydrogen-bond donors (Lipinski definition) is 2. The number of ketones is 1. The highest BCUT2D eigenvalue weighted by Crippen LogP contribution is 1.98. The van der Waals surface area contributed by atoms with Crippen molar-refractivity contribution >= 4 is 11.7 Å². The number of hydrogen-bond acceptors (Lipinski definition) is 3. The van der Waals surface area contributed by atoms with Crippen LogP contribution in [0.3, 0.4) is 0 Å². The van der Waals surface area contributed by atoms with Crippen LogP contribution >= 0.6 is 0 Å². The summed E-state index contributed by atoms with van der Waals surface area (Å²) < 4.78 is 0. The average Bonchev–Trinajstić information content (AvgIpc) is 2.33. The van der Waals surface area contributed by atoms with E-state index in [-0.39, 0.29) is 11.5 Å². The average molecular weight is 153 g/mol. The Bertz CT molecular complexity index is 274. The van der Waals surface area contributed by atoms with E-state index in [4.69, 9.17) is 5.73 Å². The molecule has 0 bridgehead atoms. The number of rotatable bonds is 2. The summed E-state index contributed by atoms with van der Waals surface area (Å²) >= 11 is 0. The Balaban J connectivity index is 2.99. The maximum Gasteiger partial charge on any atom is 0.269 e. The van der Waals surface area contributed by atoms with Crippen molar-refractivity contribution in [2.45, 2.75) is 6.92 Å². The van der Waals surface area contributed by atoms with Crippen LogP contribution in [-0.2, 0) is 0 Å². The summed E-state index contributed by atoms with van der Waals surface area (Å²) in [4.78, 5) is 21.1. The van der Waals surface area contributed by atoms with Gasteiger partial charge in [-0.3, -0.25) is 14.7 Å². The van der Waals surface area contributed by atoms with E-state index in [0.717, 1.165) is 0 Å². The fourth-order valence-electron chi connectivity index (χ4n) is 0.628. The lowest BCUT2D eigenvalue weighted by Crippen LogP contribution is -2.11. The second kappa shape index (κ2) is 2.53. The number of carbonyl (C=O) groups excluding carboxylic acids is 2. The summed E-state index contributed by atoms with van der Waals surface area (Å²) in [5, 5.41) is 5.90. The highest BCUT2D eigenvalue weighted by atomic mass is 16.1. The summed E-state index contributed by atoms with van der Waals surface area (Å²) in [6.45, 7) is 1.37. The molecule has 0 atom stereocenters. The molecule has 58 valence electrons. The topological polar surface area (TPSA) is 88.8 Å². The van der Waals surface area contributed by atoms with E-state index in [1.165, 1.54) is 13.0 Å². The van der Waals surface area contributed by atoms with E-state index in [1.807, 2.05) is 0 Å². The van der Waals surface area contributed by atoms with Gasteiger partial charge >= 0.3 is 0 Å². The predicted molar refractivity (Wildman–Crippen MR) is 37.1 cm³/mol. The van der Waals surface area contributed by atoms with Crippen molar-refractivity contribution in [3.63, 3.8) is 0 Å². The maximum absolute atomic E-state index is 10.7. The van der Waals surface area contributed by atoms with Crippen LogP contribution in [0.15, 0.2) is 6.07 Å². The van der Waals surface area contributed by atoms with E-state index in [0.29, 0.717) is 5.69 Å². The normalized spacial score (nSPS) is 9.55. The summed E-state index contributed by atoms with van der Waals surface area (Å²) in [7, 11) is 0. The highest BCUT2D eigenvalue weighted by Gasteiger charge is 2.07. The molecule has 11 heavy (non-hydrogen) atoms. The lowest BCUT2D eigenvalue weighted by Gasteiger charge is -1.81. The standard InChI is InChI=1S/C6H7N3O2/c1-3(10)4-2-5(6(7)11)9-8-4/h2H,1H3,(H2,7,11)(H,8,9). The van der Waals surface area contributed by atoms with Crippen molar-refractivity contribution in [3.05, 3.63) is 17.5 Å². The van der Waals surface area contributed by atoms with E-state index >= 15 is 0 Å². The van der Waals surface area contributed by atoms with Crippen LogP contribution in [0.1, 0.15) is 27.9 Å². The number of Topliss-reactive ketones (excluding diaryl/α,β-unsaturated/α-hetero) is 1. The minimum atomic E-state index is -0.645. The molecule has 0 unspecified atom stereocenters. The molecule has 0 aromatic carbocycles. The van der Waals surface area contributed by atoms with Gasteiger partial charge in [-0.1, -0.05) is 0 Å². The predicted octanol–water partition coefficient (Wildman–Crippen LogP) is -0.289. The van der Waals surface area contributed by atoms with E-state index in [1.54, 1.807) is 0 Å². The number of nitrogens with one attached hydrogen (secondary N) is 1. The van der Waals surface area contributed by atoms with Gasteiger partial charge in [-0.25, -0.2) is 0 Å². The Hall–Kier alpha value is -1.65. The molecule has 0 saturated heterocycles. The molecule has 1 aromatic rings. The van der Waals surface area contributed by atoms with Crippen LogP contribution in [0.2, 0.25) is 0 Å². The molecule has 0 aliphatic rings. The molecule has 0 saturated carbocycles. The number of aromatic amines is 1. The van der Waals surface area contributed by atoms with Gasteiger partial charge < -0.3 is 5.73 Å². The van der Waals surface area contributed by atoms with Crippen LogP contribution in [-0.4, -0.2) is 21.9 Å². The fraction of sp³-hybridized carbons (Fsp3) is 0.167. The first-order valence-electron chi connectivity index (χ1n) is 2.97. The van der Waals surface area contributed by atoms with Crippen LogP contribution in [0.25, 0.3) is 0 Å². The molecule has 0 aliphatic heterocycles. The zero-order valence-electron chi connectivity index (χ0n) is 5.92. The van der Waals surface area contributed by atoms with Gasteiger partial charge in [0.15, 0.2) is 5.78 Å². The minimum absolute atomic E-state index is 0.0789. The second-order valence-corrected chi connectivity index (χ2v) is 2.09. The Kier molecular flexibility index (Phi) is 1.72. The number of carbonyl (C=O) groups is 2. The van der Waals surface area contributed by atoms with Gasteiger partial charge in [-0.05, 0) is 6.07 Å². The zero-order chi connectivity index (χ0) is 8.43. The lowest BCUT2D eigenvalue weighted by molar-refractivity contribution is 0.0993. The summed E-state index contributed by atoms with van der Waals surface area (Å²) in [5.74, 6) is -0.821. The van der Waals surface area contributed by atoms with Crippen molar-refractivity contribution in [3.8, 4) is 0 Å². The van der Waals surface area contributed by atoms with Gasteiger partial charge in [0, 0.05) is 6.92 Å². The van der Waals surface area contributed by atoms with Gasteiger partial charge in [-0.2, -0.15) is 5.10 Å². The molecule has 1 aromatic heterocycles. The lowest BCUT2D eigenvalue weighted by atomic mass is 10.3. The molecule has 3 N–H and O–H groups in total. The van der Waals surface area contributed by atoms with Crippen molar-refractivity contribution in [2.24, 2.45) is 5.73 Å². The Labute approximate surface area is 62.6 Å². The number of nitrogens with two attached hydrogens (primary N) is 1. The molecule has 5 heteroatoms. The number of aromatic nitrogens is 2. The monoisotopic (exact) mass is 153 g/mol. The molecule has 0 spiro atoms. The minimum Gasteiger partial charge on any atom is -0.364 e. The summed E-state index contributed by atoms with van der Waals surface area (Å²) in [6.07, 6.45) is 0. The number of primary amides is 1. The molecule has 5 nitrogen and oxygen atoms in total. The highest BCUT2D eigenvalue weighted by molar-refractivity contribution is 5.96. The van der Waals surface area contributed by atoms with Gasteiger partial charge in [0.2, 0.25) is 0 Å². The number of nitrogens with zero attached hydrogens (tertiary/aromatic N) is 1. The first-order valence-corrected chi connectivity index (χ1v) is 2.97. The second-order valence-electron chi connectivity index (χ2n) is 2.09. The number of amides is 1. The van der Waals surface area contributed by atoms with Crippen LogP contribution < -0.4 is 5.73 Å². The molecule has 0 aliphatic carbocycles. The molecular formula is C6H7N3O2. The molecule has 1 amide bonds. The Morgan fingerprint density at radius 3 is 2.55 bits per heavy atom. The van der Waals surface area contributed by atoms with Gasteiger partial charge in [0.1, 0.15) is 11.4 Å². The van der Waals surface area contributed by atoms with Crippen LogP contribution in [0, 0.1) is 0 Å². The van der Waals surface area contributed by atoms with E-state index in [2.05, 4.69) is 10.2 Å². The zero-order valence-corrected chi connectivity index (χ0v) is 5.92. The van der Waals surface area contributed by atoms with Crippen molar-refractivity contribution in [1.29, 1.82) is 0 Å². The molecular weight excluding hydrogens is 146 g/mol. The van der Waals surface area contributed by atoms with Crippen LogP contribution in [0.5, 0.6) is 0 Å². The first-order chi connectivity index (χ1) is 5.11. The van der Waals surface area contributed by atoms with Gasteiger partial charge in [-0.15, -0.1) is 0 Å². The number of H-pyrrole nitrogens is 1. The third kappa shape index (κ3) is 1.43. The summed E-state index contributed by atoms with van der Waals surface area (Å²) in [6, 6.07) is 1.32. The first kappa shape index (κ1) is 7.46. The van der Waals surface area contributed by atoms with Gasteiger partial charge in [0.25, 0.3) is 5.91 Å². The SMILES string of the molecule is CC(=O)c1cc(C(N)=O)n[nH]1. The third-order valence-electron chi connectivity index (χ3n) is 1.21.